The molecule has 2 aromatic carbocycles. The zero-order chi connectivity index (χ0) is 33.4. The summed E-state index contributed by atoms with van der Waals surface area (Å²) in [5.41, 5.74) is 7.98. The number of nitrogens with one attached hydrogen (secondary N) is 2. The molecule has 0 aromatic heterocycles. The van der Waals surface area contributed by atoms with E-state index in [1.807, 2.05) is 39.0 Å². The van der Waals surface area contributed by atoms with Crippen LogP contribution in [0.2, 0.25) is 0 Å². The highest BCUT2D eigenvalue weighted by Crippen LogP contribution is 2.32. The van der Waals surface area contributed by atoms with E-state index in [0.717, 1.165) is 17.5 Å². The molecular formula is C34H50N4O6. The monoisotopic (exact) mass is 610 g/mol. The summed E-state index contributed by atoms with van der Waals surface area (Å²) >= 11 is 0. The average molecular weight is 611 g/mol. The van der Waals surface area contributed by atoms with Crippen molar-refractivity contribution < 1.29 is 29.0 Å². The maximum atomic E-state index is 14.6. The fourth-order valence-corrected chi connectivity index (χ4v) is 4.98. The van der Waals surface area contributed by atoms with Crippen LogP contribution < -0.4 is 16.4 Å². The number of phenols is 1. The summed E-state index contributed by atoms with van der Waals surface area (Å²) in [5, 5.41) is 16.0. The predicted octanol–water partition coefficient (Wildman–Crippen LogP) is 5.81. The normalized spacial score (nSPS) is 13.5. The molecule has 0 aliphatic carbocycles. The van der Waals surface area contributed by atoms with Crippen molar-refractivity contribution in [3.8, 4) is 5.75 Å². The van der Waals surface area contributed by atoms with E-state index < -0.39 is 47.5 Å². The van der Waals surface area contributed by atoms with Crippen LogP contribution in [0, 0.1) is 26.7 Å². The predicted molar refractivity (Wildman–Crippen MR) is 172 cm³/mol. The van der Waals surface area contributed by atoms with Gasteiger partial charge in [0, 0.05) is 18.2 Å². The molecule has 0 radical (unpaired) electrons. The van der Waals surface area contributed by atoms with Gasteiger partial charge in [-0.25, -0.2) is 4.79 Å². The quantitative estimate of drug-likeness (QED) is 0.225. The van der Waals surface area contributed by atoms with Crippen molar-refractivity contribution in [2.45, 2.75) is 112 Å². The Bertz CT molecular complexity index is 1310. The molecule has 0 saturated carbocycles. The third-order valence-electron chi connectivity index (χ3n) is 7.35. The Morgan fingerprint density at radius 3 is 2.07 bits per heavy atom. The van der Waals surface area contributed by atoms with E-state index in [0.29, 0.717) is 29.2 Å². The van der Waals surface area contributed by atoms with Crippen LogP contribution in [0.1, 0.15) is 95.5 Å². The molecule has 0 fully saturated rings. The summed E-state index contributed by atoms with van der Waals surface area (Å²) in [7, 11) is 0. The smallest absolute Gasteiger partial charge is 0.408 e. The van der Waals surface area contributed by atoms with Gasteiger partial charge in [-0.3, -0.25) is 14.4 Å². The molecular weight excluding hydrogens is 560 g/mol. The number of nitrogens with zero attached hydrogens (tertiary/aromatic N) is 1. The molecule has 5 N–H and O–H groups in total. The summed E-state index contributed by atoms with van der Waals surface area (Å²) in [5.74, 6) is -1.26. The Labute approximate surface area is 261 Å². The maximum Gasteiger partial charge on any atom is 0.408 e. The van der Waals surface area contributed by atoms with Gasteiger partial charge < -0.3 is 31.1 Å². The first-order valence-corrected chi connectivity index (χ1v) is 15.2. The molecule has 0 spiro atoms. The van der Waals surface area contributed by atoms with Crippen molar-refractivity contribution in [3.05, 3.63) is 58.7 Å². The number of carbonyl (C=O) groups excluding carboxylic acids is 4. The Kier molecular flexibility index (Phi) is 12.8. The summed E-state index contributed by atoms with van der Waals surface area (Å²) in [6.07, 6.45) is 0.268. The number of alkyl carbamates (subject to hydrolysis) is 1. The number of hydrogen-bond acceptors (Lipinski definition) is 6. The van der Waals surface area contributed by atoms with Gasteiger partial charge in [0.25, 0.3) is 5.91 Å². The third kappa shape index (κ3) is 10.6. The largest absolute Gasteiger partial charge is 0.508 e. The van der Waals surface area contributed by atoms with Crippen molar-refractivity contribution in [1.82, 2.24) is 10.2 Å². The van der Waals surface area contributed by atoms with E-state index >= 15 is 0 Å². The molecule has 3 atom stereocenters. The first kappa shape index (κ1) is 36.1. The van der Waals surface area contributed by atoms with Gasteiger partial charge in [0.05, 0.1) is 0 Å². The molecule has 3 unspecified atom stereocenters. The van der Waals surface area contributed by atoms with E-state index in [1.54, 1.807) is 39.8 Å². The van der Waals surface area contributed by atoms with Crippen LogP contribution in [-0.4, -0.2) is 51.5 Å². The van der Waals surface area contributed by atoms with Gasteiger partial charge in [-0.2, -0.15) is 0 Å². The lowest BCUT2D eigenvalue weighted by atomic mass is 9.95. The second kappa shape index (κ2) is 15.6. The molecule has 0 aliphatic heterocycles. The molecule has 242 valence electrons. The first-order valence-electron chi connectivity index (χ1n) is 15.2. The molecule has 44 heavy (non-hydrogen) atoms. The number of aryl methyl sites for hydroxylation is 3. The second-order valence-electron chi connectivity index (χ2n) is 13.0. The highest BCUT2D eigenvalue weighted by Gasteiger charge is 2.39. The molecule has 4 amide bonds. The van der Waals surface area contributed by atoms with Gasteiger partial charge in [-0.15, -0.1) is 0 Å². The van der Waals surface area contributed by atoms with E-state index in [1.165, 1.54) is 11.0 Å². The molecule has 0 saturated heterocycles. The van der Waals surface area contributed by atoms with Gasteiger partial charge in [0.2, 0.25) is 11.8 Å². The molecule has 0 heterocycles. The minimum absolute atomic E-state index is 0.0549. The zero-order valence-electron chi connectivity index (χ0n) is 27.6. The Morgan fingerprint density at radius 2 is 1.55 bits per heavy atom. The SMILES string of the molecule is Cc1cc(C(C(=O)Nc2c(C)cccc2C)N(C(=O)C(CCC(N)=O)NC(=O)OC(C)(C)C)C(C)CCC(C)C)ccc1O. The summed E-state index contributed by atoms with van der Waals surface area (Å²) in [6.45, 7) is 16.6. The lowest BCUT2D eigenvalue weighted by molar-refractivity contribution is -0.143. The number of hydrogen-bond donors (Lipinski definition) is 4. The molecule has 0 bridgehead atoms. The van der Waals surface area contributed by atoms with E-state index in [4.69, 9.17) is 10.5 Å². The number of aromatic hydroxyl groups is 1. The molecule has 2 rings (SSSR count). The van der Waals surface area contributed by atoms with Crippen LogP contribution in [0.5, 0.6) is 5.75 Å². The number of para-hydroxylation sites is 1. The second-order valence-corrected chi connectivity index (χ2v) is 13.0. The standard InChI is InChI=1S/C34H50N4O6/c1-20(2)13-14-24(6)38(32(42)26(16-18-28(35)40)36-33(43)44-34(7,8)9)30(25-15-17-27(39)23(5)19-25)31(41)37-29-21(3)11-10-12-22(29)4/h10-12,15,17,19-20,24,26,30,39H,13-14,16,18H2,1-9H3,(H2,35,40)(H,36,43)(H,37,41). The summed E-state index contributed by atoms with van der Waals surface area (Å²) in [6, 6.07) is 7.68. The fraction of sp³-hybridized carbons (Fsp3) is 0.529. The Morgan fingerprint density at radius 1 is 0.932 bits per heavy atom. The number of anilines is 1. The van der Waals surface area contributed by atoms with Crippen LogP contribution in [0.15, 0.2) is 36.4 Å². The number of phenolic OH excluding ortho intramolecular Hbond substituents is 1. The van der Waals surface area contributed by atoms with Crippen LogP contribution in [-0.2, 0) is 19.1 Å². The summed E-state index contributed by atoms with van der Waals surface area (Å²) in [4.78, 5) is 55.1. The number of rotatable bonds is 13. The van der Waals surface area contributed by atoms with Crippen LogP contribution in [0.25, 0.3) is 0 Å². The molecule has 10 heteroatoms. The number of nitrogens with two attached hydrogens (primary N) is 1. The molecule has 2 aromatic rings. The first-order chi connectivity index (χ1) is 20.4. The van der Waals surface area contributed by atoms with Gasteiger partial charge in [-0.05, 0) is 108 Å². The Hall–Kier alpha value is -4.08. The molecule has 0 aliphatic rings. The highest BCUT2D eigenvalue weighted by molar-refractivity contribution is 6.00. The molecule has 10 nitrogen and oxygen atoms in total. The topological polar surface area (TPSA) is 151 Å². The van der Waals surface area contributed by atoms with Crippen molar-refractivity contribution in [2.75, 3.05) is 5.32 Å². The van der Waals surface area contributed by atoms with E-state index in [-0.39, 0.29) is 18.6 Å². The van der Waals surface area contributed by atoms with Crippen molar-refractivity contribution in [3.63, 3.8) is 0 Å². The number of amides is 4. The van der Waals surface area contributed by atoms with Crippen LogP contribution in [0.3, 0.4) is 0 Å². The van der Waals surface area contributed by atoms with Crippen molar-refractivity contribution in [2.24, 2.45) is 11.7 Å². The van der Waals surface area contributed by atoms with Crippen LogP contribution in [0.4, 0.5) is 10.5 Å². The van der Waals surface area contributed by atoms with E-state index in [2.05, 4.69) is 24.5 Å². The number of carbonyl (C=O) groups is 4. The maximum absolute atomic E-state index is 14.6. The van der Waals surface area contributed by atoms with Gasteiger partial charge >= 0.3 is 6.09 Å². The lowest BCUT2D eigenvalue weighted by Crippen LogP contribution is -2.55. The fourth-order valence-electron chi connectivity index (χ4n) is 4.98. The van der Waals surface area contributed by atoms with Crippen molar-refractivity contribution >= 4 is 29.5 Å². The van der Waals surface area contributed by atoms with Gasteiger partial charge in [0.1, 0.15) is 23.4 Å². The van der Waals surface area contributed by atoms with Gasteiger partial charge in [0.15, 0.2) is 0 Å². The highest BCUT2D eigenvalue weighted by atomic mass is 16.6. The Balaban J connectivity index is 2.72. The summed E-state index contributed by atoms with van der Waals surface area (Å²) < 4.78 is 5.43. The zero-order valence-corrected chi connectivity index (χ0v) is 27.6. The average Bonchev–Trinajstić information content (AvgIpc) is 2.90. The lowest BCUT2D eigenvalue weighted by Gasteiger charge is -2.39. The number of primary amides is 1. The van der Waals surface area contributed by atoms with Gasteiger partial charge in [-0.1, -0.05) is 38.1 Å². The van der Waals surface area contributed by atoms with E-state index in [9.17, 15) is 24.3 Å². The van der Waals surface area contributed by atoms with Crippen LogP contribution >= 0.6 is 0 Å². The number of benzene rings is 2. The number of ether oxygens (including phenoxy) is 1. The third-order valence-corrected chi connectivity index (χ3v) is 7.35. The minimum Gasteiger partial charge on any atom is -0.508 e. The minimum atomic E-state index is -1.20. The van der Waals surface area contributed by atoms with Crippen molar-refractivity contribution in [1.29, 1.82) is 0 Å².